The minimum Gasteiger partial charge on any atom is -0.465 e. The fourth-order valence-electron chi connectivity index (χ4n) is 3.65. The molecular formula is C24H24N6O4. The first kappa shape index (κ1) is 22.7. The zero-order chi connectivity index (χ0) is 24.1. The monoisotopic (exact) mass is 460 g/mol. The minimum atomic E-state index is -1.01. The molecule has 3 aromatic rings. The minimum absolute atomic E-state index is 0.000192. The van der Waals surface area contributed by atoms with Crippen LogP contribution in [0, 0.1) is 0 Å². The molecule has 1 saturated heterocycles. The highest BCUT2D eigenvalue weighted by Crippen LogP contribution is 2.21. The van der Waals surface area contributed by atoms with Crippen LogP contribution >= 0.6 is 0 Å². The van der Waals surface area contributed by atoms with E-state index in [-0.39, 0.29) is 43.6 Å². The van der Waals surface area contributed by atoms with Gasteiger partial charge in [0.05, 0.1) is 11.9 Å². The number of nitrogens with zero attached hydrogens (tertiary/aromatic N) is 4. The zero-order valence-electron chi connectivity index (χ0n) is 18.3. The molecule has 10 heteroatoms. The maximum absolute atomic E-state index is 13.0. The lowest BCUT2D eigenvalue weighted by atomic mass is 10.1. The van der Waals surface area contributed by atoms with Crippen LogP contribution in [0.3, 0.4) is 0 Å². The number of carboxylic acid groups (broad SMARTS) is 1. The van der Waals surface area contributed by atoms with Crippen molar-refractivity contribution in [3.63, 3.8) is 0 Å². The quantitative estimate of drug-likeness (QED) is 0.529. The van der Waals surface area contributed by atoms with Crippen LogP contribution in [-0.2, 0) is 6.54 Å². The van der Waals surface area contributed by atoms with Crippen LogP contribution in [0.25, 0.3) is 11.3 Å². The summed E-state index contributed by atoms with van der Waals surface area (Å²) >= 11 is 0. The summed E-state index contributed by atoms with van der Waals surface area (Å²) in [7, 11) is 0. The lowest BCUT2D eigenvalue weighted by Crippen LogP contribution is -2.50. The number of carbonyl (C=O) groups excluding carboxylic acids is 2. The van der Waals surface area contributed by atoms with E-state index in [1.807, 2.05) is 30.3 Å². The Hall–Kier alpha value is -4.47. The normalized spacial score (nSPS) is 13.4. The van der Waals surface area contributed by atoms with Crippen LogP contribution < -0.4 is 11.1 Å². The number of nitrogens with one attached hydrogen (secondary N) is 1. The average molecular weight is 460 g/mol. The maximum Gasteiger partial charge on any atom is 0.407 e. The molecule has 1 aliphatic heterocycles. The molecule has 3 amide bonds. The van der Waals surface area contributed by atoms with Crippen molar-refractivity contribution in [1.29, 1.82) is 0 Å². The highest BCUT2D eigenvalue weighted by molar-refractivity contribution is 5.97. The molecular weight excluding hydrogens is 436 g/mol. The van der Waals surface area contributed by atoms with Crippen LogP contribution in [0.5, 0.6) is 0 Å². The second-order valence-electron chi connectivity index (χ2n) is 7.80. The number of amides is 3. The van der Waals surface area contributed by atoms with Gasteiger partial charge in [0.2, 0.25) is 0 Å². The molecule has 0 spiro atoms. The predicted molar refractivity (Wildman–Crippen MR) is 125 cm³/mol. The smallest absolute Gasteiger partial charge is 0.407 e. The van der Waals surface area contributed by atoms with E-state index < -0.39 is 12.0 Å². The molecule has 0 bridgehead atoms. The van der Waals surface area contributed by atoms with E-state index in [0.717, 1.165) is 5.56 Å². The Bertz CT molecular complexity index is 1210. The van der Waals surface area contributed by atoms with Gasteiger partial charge in [0.15, 0.2) is 11.5 Å². The Balaban J connectivity index is 1.49. The fraction of sp³-hybridized carbons (Fsp3) is 0.208. The van der Waals surface area contributed by atoms with E-state index >= 15 is 0 Å². The highest BCUT2D eigenvalue weighted by Gasteiger charge is 2.27. The van der Waals surface area contributed by atoms with Crippen molar-refractivity contribution in [2.75, 3.05) is 31.9 Å². The molecule has 1 aromatic heterocycles. The molecule has 0 saturated carbocycles. The van der Waals surface area contributed by atoms with Gasteiger partial charge in [-0.05, 0) is 17.7 Å². The summed E-state index contributed by atoms with van der Waals surface area (Å²) in [5.41, 5.74) is 8.39. The number of aromatic nitrogens is 2. The Morgan fingerprint density at radius 1 is 0.971 bits per heavy atom. The SMILES string of the molecule is Nc1ncc(-c2cccc(C(=O)NCc3ccccc3)c2)nc1C(=O)N1CCN(C(=O)O)CC1. The van der Waals surface area contributed by atoms with Crippen LogP contribution in [-0.4, -0.2) is 69.0 Å². The van der Waals surface area contributed by atoms with Crippen LogP contribution in [0.15, 0.2) is 60.8 Å². The number of carbonyl (C=O) groups is 3. The molecule has 10 nitrogen and oxygen atoms in total. The maximum atomic E-state index is 13.0. The summed E-state index contributed by atoms with van der Waals surface area (Å²) in [6, 6.07) is 16.5. The zero-order valence-corrected chi connectivity index (χ0v) is 18.3. The molecule has 4 N–H and O–H groups in total. The van der Waals surface area contributed by atoms with Gasteiger partial charge in [0.25, 0.3) is 11.8 Å². The van der Waals surface area contributed by atoms with E-state index in [9.17, 15) is 14.4 Å². The first-order valence-corrected chi connectivity index (χ1v) is 10.7. The number of hydrogen-bond acceptors (Lipinski definition) is 6. The summed E-state index contributed by atoms with van der Waals surface area (Å²) in [4.78, 5) is 48.0. The standard InChI is InChI=1S/C24H24N6O4/c25-21-20(23(32)29-9-11-30(12-10-29)24(33)34)28-19(15-26-21)17-7-4-8-18(13-17)22(31)27-14-16-5-2-1-3-6-16/h1-8,13,15H,9-12,14H2,(H2,25,26)(H,27,31)(H,33,34). The third kappa shape index (κ3) is 5.12. The van der Waals surface area contributed by atoms with Crippen LogP contribution in [0.4, 0.5) is 10.6 Å². The number of hydrogen-bond donors (Lipinski definition) is 3. The Labute approximate surface area is 196 Å². The summed E-state index contributed by atoms with van der Waals surface area (Å²) in [6.07, 6.45) is 0.441. The number of anilines is 1. The highest BCUT2D eigenvalue weighted by atomic mass is 16.4. The van der Waals surface area contributed by atoms with Gasteiger partial charge in [-0.2, -0.15) is 0 Å². The van der Waals surface area contributed by atoms with E-state index in [0.29, 0.717) is 23.4 Å². The van der Waals surface area contributed by atoms with Crippen LogP contribution in [0.1, 0.15) is 26.4 Å². The van der Waals surface area contributed by atoms with Gasteiger partial charge in [-0.25, -0.2) is 14.8 Å². The molecule has 4 rings (SSSR count). The van der Waals surface area contributed by atoms with Gasteiger partial charge in [-0.15, -0.1) is 0 Å². The molecule has 0 radical (unpaired) electrons. The predicted octanol–water partition coefficient (Wildman–Crippen LogP) is 2.09. The van der Waals surface area contributed by atoms with E-state index in [1.54, 1.807) is 24.3 Å². The molecule has 2 heterocycles. The van der Waals surface area contributed by atoms with Crippen molar-refractivity contribution in [2.24, 2.45) is 0 Å². The van der Waals surface area contributed by atoms with Crippen molar-refractivity contribution >= 4 is 23.7 Å². The fourth-order valence-corrected chi connectivity index (χ4v) is 3.65. The number of piperazine rings is 1. The summed E-state index contributed by atoms with van der Waals surface area (Å²) in [5, 5.41) is 12.0. The van der Waals surface area contributed by atoms with Crippen molar-refractivity contribution in [3.8, 4) is 11.3 Å². The van der Waals surface area contributed by atoms with Crippen LogP contribution in [0.2, 0.25) is 0 Å². The summed E-state index contributed by atoms with van der Waals surface area (Å²) < 4.78 is 0. The largest absolute Gasteiger partial charge is 0.465 e. The third-order valence-corrected chi connectivity index (χ3v) is 5.56. The number of rotatable bonds is 5. The molecule has 1 fully saturated rings. The number of nitrogens with two attached hydrogens (primary N) is 1. The van der Waals surface area contributed by atoms with E-state index in [4.69, 9.17) is 10.8 Å². The van der Waals surface area contributed by atoms with Gasteiger partial charge < -0.3 is 26.0 Å². The molecule has 174 valence electrons. The molecule has 34 heavy (non-hydrogen) atoms. The number of benzene rings is 2. The lowest BCUT2D eigenvalue weighted by Gasteiger charge is -2.33. The average Bonchev–Trinajstić information content (AvgIpc) is 2.88. The number of nitrogen functional groups attached to an aromatic ring is 1. The lowest BCUT2D eigenvalue weighted by molar-refractivity contribution is 0.0620. The van der Waals surface area contributed by atoms with Gasteiger partial charge in [0, 0.05) is 43.9 Å². The van der Waals surface area contributed by atoms with Crippen molar-refractivity contribution in [3.05, 3.63) is 77.6 Å². The summed E-state index contributed by atoms with van der Waals surface area (Å²) in [5.74, 6) is -0.651. The molecule has 0 unspecified atom stereocenters. The molecule has 1 aliphatic rings. The Morgan fingerprint density at radius 2 is 1.68 bits per heavy atom. The second-order valence-corrected chi connectivity index (χ2v) is 7.80. The second kappa shape index (κ2) is 9.99. The Morgan fingerprint density at radius 3 is 2.38 bits per heavy atom. The van der Waals surface area contributed by atoms with Gasteiger partial charge in [-0.1, -0.05) is 42.5 Å². The van der Waals surface area contributed by atoms with Crippen molar-refractivity contribution in [1.82, 2.24) is 25.1 Å². The molecule has 0 atom stereocenters. The molecule has 2 aromatic carbocycles. The first-order valence-electron chi connectivity index (χ1n) is 10.7. The summed E-state index contributed by atoms with van der Waals surface area (Å²) in [6.45, 7) is 1.32. The van der Waals surface area contributed by atoms with Crippen molar-refractivity contribution < 1.29 is 19.5 Å². The van der Waals surface area contributed by atoms with Gasteiger partial charge in [0.1, 0.15) is 0 Å². The van der Waals surface area contributed by atoms with E-state index in [1.165, 1.54) is 16.0 Å². The molecule has 0 aliphatic carbocycles. The van der Waals surface area contributed by atoms with Gasteiger partial charge in [-0.3, -0.25) is 9.59 Å². The Kier molecular flexibility index (Phi) is 6.67. The van der Waals surface area contributed by atoms with Crippen molar-refractivity contribution in [2.45, 2.75) is 6.54 Å². The van der Waals surface area contributed by atoms with Gasteiger partial charge >= 0.3 is 6.09 Å². The first-order chi connectivity index (χ1) is 16.4. The third-order valence-electron chi connectivity index (χ3n) is 5.56. The topological polar surface area (TPSA) is 142 Å². The van der Waals surface area contributed by atoms with E-state index in [2.05, 4.69) is 15.3 Å².